The van der Waals surface area contributed by atoms with E-state index in [0.29, 0.717) is 0 Å². The molecular formula is C19H21N. The van der Waals surface area contributed by atoms with Gasteiger partial charge in [-0.25, -0.2) is 0 Å². The van der Waals surface area contributed by atoms with Crippen molar-refractivity contribution in [1.82, 2.24) is 0 Å². The van der Waals surface area contributed by atoms with Crippen molar-refractivity contribution in [3.05, 3.63) is 78.4 Å². The van der Waals surface area contributed by atoms with E-state index in [0.717, 1.165) is 29.7 Å². The summed E-state index contributed by atoms with van der Waals surface area (Å²) in [5.41, 5.74) is 11.5. The van der Waals surface area contributed by atoms with E-state index in [2.05, 4.69) is 36.9 Å². The van der Waals surface area contributed by atoms with E-state index >= 15 is 0 Å². The lowest BCUT2D eigenvalue weighted by atomic mass is 9.95. The molecule has 102 valence electrons. The standard InChI is InChI=1S/C19H21N/c1-3-8-15(9-4-2)17-12-18(14-19(20)13-17)16-10-6-5-7-11-16/h3-4,6,8-14H,1,5,7,20H2,2H3/b9-4-,15-8+. The zero-order valence-electron chi connectivity index (χ0n) is 12.0. The molecule has 0 saturated carbocycles. The third kappa shape index (κ3) is 3.39. The first-order chi connectivity index (χ1) is 9.74. The Morgan fingerprint density at radius 1 is 1.25 bits per heavy atom. The Balaban J connectivity index is 2.47. The maximum atomic E-state index is 6.07. The van der Waals surface area contributed by atoms with E-state index in [-0.39, 0.29) is 0 Å². The van der Waals surface area contributed by atoms with Crippen LogP contribution in [0, 0.1) is 0 Å². The summed E-state index contributed by atoms with van der Waals surface area (Å²) in [4.78, 5) is 0. The second-order valence-electron chi connectivity index (χ2n) is 4.84. The Labute approximate surface area is 121 Å². The van der Waals surface area contributed by atoms with Crippen LogP contribution in [-0.2, 0) is 0 Å². The second kappa shape index (κ2) is 6.76. The first kappa shape index (κ1) is 14.1. The number of allylic oxidation sites excluding steroid dienone is 9. The molecule has 0 atom stereocenters. The molecule has 1 aliphatic rings. The molecule has 0 spiro atoms. The number of nitrogen functional groups attached to an aromatic ring is 1. The predicted octanol–water partition coefficient (Wildman–Crippen LogP) is 5.15. The van der Waals surface area contributed by atoms with Crippen molar-refractivity contribution in [3.8, 4) is 0 Å². The van der Waals surface area contributed by atoms with Crippen molar-refractivity contribution in [2.45, 2.75) is 19.8 Å². The molecular weight excluding hydrogens is 242 g/mol. The van der Waals surface area contributed by atoms with Gasteiger partial charge >= 0.3 is 0 Å². The van der Waals surface area contributed by atoms with E-state index in [4.69, 9.17) is 5.73 Å². The zero-order chi connectivity index (χ0) is 14.4. The summed E-state index contributed by atoms with van der Waals surface area (Å²) < 4.78 is 0. The number of nitrogens with two attached hydrogens (primary N) is 1. The highest BCUT2D eigenvalue weighted by molar-refractivity contribution is 5.83. The molecule has 0 fully saturated rings. The van der Waals surface area contributed by atoms with Gasteiger partial charge in [-0.1, -0.05) is 49.1 Å². The first-order valence-electron chi connectivity index (χ1n) is 6.98. The van der Waals surface area contributed by atoms with Crippen molar-refractivity contribution < 1.29 is 0 Å². The minimum absolute atomic E-state index is 0.789. The topological polar surface area (TPSA) is 26.0 Å². The molecule has 2 rings (SSSR count). The normalized spacial score (nSPS) is 15.4. The van der Waals surface area contributed by atoms with Crippen LogP contribution in [0.25, 0.3) is 11.1 Å². The van der Waals surface area contributed by atoms with Crippen molar-refractivity contribution >= 4 is 16.8 Å². The van der Waals surface area contributed by atoms with Gasteiger partial charge in [0.2, 0.25) is 0 Å². The van der Waals surface area contributed by atoms with Crippen molar-refractivity contribution in [2.75, 3.05) is 5.73 Å². The molecule has 1 aromatic rings. The average Bonchev–Trinajstić information content (AvgIpc) is 2.47. The second-order valence-corrected chi connectivity index (χ2v) is 4.84. The third-order valence-electron chi connectivity index (χ3n) is 3.26. The minimum Gasteiger partial charge on any atom is -0.399 e. The van der Waals surface area contributed by atoms with Crippen LogP contribution in [0.2, 0.25) is 0 Å². The van der Waals surface area contributed by atoms with E-state index in [9.17, 15) is 0 Å². The third-order valence-corrected chi connectivity index (χ3v) is 3.26. The number of anilines is 1. The Hall–Kier alpha value is -2.28. The highest BCUT2D eigenvalue weighted by Crippen LogP contribution is 2.27. The van der Waals surface area contributed by atoms with Gasteiger partial charge in [-0.05, 0) is 60.2 Å². The summed E-state index contributed by atoms with van der Waals surface area (Å²) in [6.45, 7) is 5.79. The van der Waals surface area contributed by atoms with Crippen LogP contribution >= 0.6 is 0 Å². The van der Waals surface area contributed by atoms with E-state index in [1.807, 2.05) is 31.2 Å². The maximum Gasteiger partial charge on any atom is 0.0326 e. The molecule has 0 aliphatic heterocycles. The lowest BCUT2D eigenvalue weighted by molar-refractivity contribution is 1.04. The minimum atomic E-state index is 0.789. The van der Waals surface area contributed by atoms with Crippen LogP contribution in [-0.4, -0.2) is 0 Å². The Kier molecular flexibility index (Phi) is 4.78. The quantitative estimate of drug-likeness (QED) is 0.590. The lowest BCUT2D eigenvalue weighted by Gasteiger charge is -2.11. The summed E-state index contributed by atoms with van der Waals surface area (Å²) >= 11 is 0. The average molecular weight is 263 g/mol. The van der Waals surface area contributed by atoms with Gasteiger partial charge in [-0.3, -0.25) is 0 Å². The van der Waals surface area contributed by atoms with E-state index in [1.165, 1.54) is 11.1 Å². The molecule has 0 saturated heterocycles. The van der Waals surface area contributed by atoms with E-state index in [1.54, 1.807) is 6.08 Å². The Bertz CT molecular complexity index is 613. The fourth-order valence-corrected chi connectivity index (χ4v) is 2.37. The summed E-state index contributed by atoms with van der Waals surface area (Å²) in [5.74, 6) is 0. The molecule has 1 aromatic carbocycles. The van der Waals surface area contributed by atoms with Gasteiger partial charge in [0.25, 0.3) is 0 Å². The maximum absolute atomic E-state index is 6.07. The molecule has 1 nitrogen and oxygen atoms in total. The van der Waals surface area contributed by atoms with Crippen LogP contribution in [0.4, 0.5) is 5.69 Å². The van der Waals surface area contributed by atoms with Gasteiger partial charge in [-0.2, -0.15) is 0 Å². The largest absolute Gasteiger partial charge is 0.399 e. The first-order valence-corrected chi connectivity index (χ1v) is 6.98. The van der Waals surface area contributed by atoms with Crippen LogP contribution in [0.1, 0.15) is 30.9 Å². The Morgan fingerprint density at radius 3 is 2.75 bits per heavy atom. The molecule has 0 amide bonds. The lowest BCUT2D eigenvalue weighted by Crippen LogP contribution is -1.93. The molecule has 1 aliphatic carbocycles. The molecule has 0 unspecified atom stereocenters. The summed E-state index contributed by atoms with van der Waals surface area (Å²) in [7, 11) is 0. The Morgan fingerprint density at radius 2 is 2.10 bits per heavy atom. The molecule has 1 heteroatoms. The van der Waals surface area contributed by atoms with Crippen molar-refractivity contribution in [2.24, 2.45) is 0 Å². The van der Waals surface area contributed by atoms with Gasteiger partial charge in [0.05, 0.1) is 0 Å². The van der Waals surface area contributed by atoms with Crippen molar-refractivity contribution in [3.63, 3.8) is 0 Å². The van der Waals surface area contributed by atoms with Crippen LogP contribution in [0.5, 0.6) is 0 Å². The number of hydrogen-bond acceptors (Lipinski definition) is 1. The fraction of sp³-hybridized carbons (Fsp3) is 0.158. The van der Waals surface area contributed by atoms with Crippen LogP contribution in [0.3, 0.4) is 0 Å². The smallest absolute Gasteiger partial charge is 0.0326 e. The molecule has 0 radical (unpaired) electrons. The molecule has 0 bridgehead atoms. The summed E-state index contributed by atoms with van der Waals surface area (Å²) in [6, 6.07) is 6.23. The molecule has 2 N–H and O–H groups in total. The van der Waals surface area contributed by atoms with E-state index < -0.39 is 0 Å². The number of benzene rings is 1. The van der Waals surface area contributed by atoms with Crippen LogP contribution < -0.4 is 5.73 Å². The molecule has 0 aromatic heterocycles. The molecule has 20 heavy (non-hydrogen) atoms. The molecule has 0 heterocycles. The van der Waals surface area contributed by atoms with Gasteiger partial charge in [-0.15, -0.1) is 0 Å². The highest BCUT2D eigenvalue weighted by Gasteiger charge is 2.06. The summed E-state index contributed by atoms with van der Waals surface area (Å²) in [6.07, 6.45) is 16.8. The fourth-order valence-electron chi connectivity index (χ4n) is 2.37. The van der Waals surface area contributed by atoms with Gasteiger partial charge in [0, 0.05) is 5.69 Å². The van der Waals surface area contributed by atoms with Gasteiger partial charge in [0.1, 0.15) is 0 Å². The highest BCUT2D eigenvalue weighted by atomic mass is 14.5. The monoisotopic (exact) mass is 263 g/mol. The van der Waals surface area contributed by atoms with Gasteiger partial charge in [0.15, 0.2) is 0 Å². The number of hydrogen-bond donors (Lipinski definition) is 1. The van der Waals surface area contributed by atoms with Crippen LogP contribution in [0.15, 0.2) is 67.3 Å². The number of rotatable bonds is 4. The van der Waals surface area contributed by atoms with Gasteiger partial charge < -0.3 is 5.73 Å². The predicted molar refractivity (Wildman–Crippen MR) is 90.2 cm³/mol. The zero-order valence-corrected chi connectivity index (χ0v) is 12.0. The van der Waals surface area contributed by atoms with Crippen molar-refractivity contribution in [1.29, 1.82) is 0 Å². The SMILES string of the molecule is C=C/C=C(\C=C/C)c1cc(N)cc(C2=CCCC=C2)c1. The summed E-state index contributed by atoms with van der Waals surface area (Å²) in [5, 5.41) is 0.